The Hall–Kier alpha value is -1.84. The van der Waals surface area contributed by atoms with Gasteiger partial charge in [-0.3, -0.25) is 4.79 Å². The average Bonchev–Trinajstić information content (AvgIpc) is 3.18. The molecule has 0 saturated heterocycles. The molecular weight excluding hydrogens is 410 g/mol. The van der Waals surface area contributed by atoms with E-state index in [1.807, 2.05) is 6.92 Å². The monoisotopic (exact) mass is 445 g/mol. The van der Waals surface area contributed by atoms with E-state index in [9.17, 15) is 19.8 Å². The molecule has 1 aromatic heterocycles. The van der Waals surface area contributed by atoms with Crippen LogP contribution in [0.25, 0.3) is 0 Å². The lowest BCUT2D eigenvalue weighted by molar-refractivity contribution is -0.124. The van der Waals surface area contributed by atoms with E-state index in [-0.39, 0.29) is 34.8 Å². The van der Waals surface area contributed by atoms with Gasteiger partial charge in [-0.1, -0.05) is 32.6 Å². The fourth-order valence-electron chi connectivity index (χ4n) is 4.59. The van der Waals surface area contributed by atoms with Gasteiger partial charge in [0.15, 0.2) is 0 Å². The number of aliphatic hydroxyl groups is 1. The van der Waals surface area contributed by atoms with Gasteiger partial charge in [-0.05, 0) is 69.8 Å². The lowest BCUT2D eigenvalue weighted by Gasteiger charge is -2.38. The van der Waals surface area contributed by atoms with Crippen LogP contribution in [0, 0.1) is 29.6 Å². The highest BCUT2D eigenvalue weighted by molar-refractivity contribution is 7.15. The quantitative estimate of drug-likeness (QED) is 0.602. The summed E-state index contributed by atoms with van der Waals surface area (Å²) in [6.45, 7) is 6.35. The molecule has 0 spiro atoms. The van der Waals surface area contributed by atoms with E-state index in [0.29, 0.717) is 42.2 Å². The SMILES string of the molecule is CCC(C)C#Cc1cc(N(C(=O)C2CCC(C)CC2)[C@H]2CC[C@H](O)CC2)c(C(=O)O)s1. The third kappa shape index (κ3) is 5.90. The minimum Gasteiger partial charge on any atom is -0.477 e. The lowest BCUT2D eigenvalue weighted by atomic mass is 9.81. The highest BCUT2D eigenvalue weighted by Crippen LogP contribution is 2.38. The van der Waals surface area contributed by atoms with Gasteiger partial charge < -0.3 is 15.1 Å². The van der Waals surface area contributed by atoms with E-state index in [0.717, 1.165) is 43.4 Å². The van der Waals surface area contributed by atoms with Crippen LogP contribution < -0.4 is 4.90 Å². The summed E-state index contributed by atoms with van der Waals surface area (Å²) >= 11 is 1.16. The fraction of sp³-hybridized carbons (Fsp3) is 0.680. The minimum absolute atomic E-state index is 0.0509. The molecule has 1 aromatic rings. The maximum Gasteiger partial charge on any atom is 0.348 e. The number of anilines is 1. The third-order valence-electron chi connectivity index (χ3n) is 6.85. The minimum atomic E-state index is -1.01. The molecule has 0 aromatic carbocycles. The van der Waals surface area contributed by atoms with Crippen LogP contribution in [0.15, 0.2) is 6.07 Å². The normalized spacial score (nSPS) is 27.1. The van der Waals surface area contributed by atoms with Gasteiger partial charge in [0.05, 0.1) is 16.7 Å². The number of carboxylic acid groups (broad SMARTS) is 1. The molecule has 1 unspecified atom stereocenters. The summed E-state index contributed by atoms with van der Waals surface area (Å²) in [7, 11) is 0. The summed E-state index contributed by atoms with van der Waals surface area (Å²) in [5, 5.41) is 19.9. The smallest absolute Gasteiger partial charge is 0.348 e. The largest absolute Gasteiger partial charge is 0.477 e. The number of thiophene rings is 1. The van der Waals surface area contributed by atoms with E-state index in [4.69, 9.17) is 0 Å². The fourth-order valence-corrected chi connectivity index (χ4v) is 5.44. The van der Waals surface area contributed by atoms with Gasteiger partial charge in [0.2, 0.25) is 5.91 Å². The van der Waals surface area contributed by atoms with Gasteiger partial charge in [0.25, 0.3) is 0 Å². The molecule has 2 saturated carbocycles. The van der Waals surface area contributed by atoms with Gasteiger partial charge >= 0.3 is 5.97 Å². The highest BCUT2D eigenvalue weighted by Gasteiger charge is 2.37. The predicted octanol–water partition coefficient (Wildman–Crippen LogP) is 5.31. The van der Waals surface area contributed by atoms with Crippen LogP contribution in [0.1, 0.15) is 93.1 Å². The van der Waals surface area contributed by atoms with E-state index >= 15 is 0 Å². The second kappa shape index (κ2) is 10.7. The Bertz CT molecular complexity index is 835. The maximum absolute atomic E-state index is 13.7. The highest BCUT2D eigenvalue weighted by atomic mass is 32.1. The molecule has 5 nitrogen and oxygen atoms in total. The summed E-state index contributed by atoms with van der Waals surface area (Å²) in [6, 6.07) is 1.73. The van der Waals surface area contributed by atoms with Gasteiger partial charge in [-0.2, -0.15) is 0 Å². The number of aromatic carboxylic acids is 1. The number of hydrogen-bond donors (Lipinski definition) is 2. The second-order valence-electron chi connectivity index (χ2n) is 9.34. The van der Waals surface area contributed by atoms with Crippen molar-refractivity contribution in [2.45, 2.75) is 90.7 Å². The molecule has 2 aliphatic carbocycles. The van der Waals surface area contributed by atoms with Crippen LogP contribution in [-0.4, -0.2) is 34.2 Å². The maximum atomic E-state index is 13.7. The van der Waals surface area contributed by atoms with Crippen molar-refractivity contribution < 1.29 is 19.8 Å². The topological polar surface area (TPSA) is 77.8 Å². The van der Waals surface area contributed by atoms with Gasteiger partial charge in [-0.15, -0.1) is 11.3 Å². The Morgan fingerprint density at radius 1 is 1.16 bits per heavy atom. The molecule has 1 atom stereocenters. The molecule has 0 aliphatic heterocycles. The van der Waals surface area contributed by atoms with Gasteiger partial charge in [0, 0.05) is 17.9 Å². The number of aliphatic hydroxyl groups excluding tert-OH is 1. The zero-order valence-electron chi connectivity index (χ0n) is 18.9. The van der Waals surface area contributed by atoms with Crippen molar-refractivity contribution in [1.29, 1.82) is 0 Å². The van der Waals surface area contributed by atoms with E-state index in [1.54, 1.807) is 11.0 Å². The summed E-state index contributed by atoms with van der Waals surface area (Å²) in [4.78, 5) is 28.5. The number of carbonyl (C=O) groups excluding carboxylic acids is 1. The van der Waals surface area contributed by atoms with Crippen molar-refractivity contribution in [3.63, 3.8) is 0 Å². The number of amides is 1. The van der Waals surface area contributed by atoms with E-state index in [1.165, 1.54) is 0 Å². The predicted molar refractivity (Wildman–Crippen MR) is 124 cm³/mol. The van der Waals surface area contributed by atoms with Crippen LogP contribution in [-0.2, 0) is 4.79 Å². The molecule has 6 heteroatoms. The summed E-state index contributed by atoms with van der Waals surface area (Å²) in [6.07, 6.45) is 7.07. The Morgan fingerprint density at radius 2 is 1.81 bits per heavy atom. The van der Waals surface area contributed by atoms with Gasteiger partial charge in [0.1, 0.15) is 4.88 Å². The van der Waals surface area contributed by atoms with Crippen molar-refractivity contribution in [2.75, 3.05) is 4.90 Å². The van der Waals surface area contributed by atoms with Crippen LogP contribution in [0.4, 0.5) is 5.69 Å². The number of hydrogen-bond acceptors (Lipinski definition) is 4. The average molecular weight is 446 g/mol. The molecule has 0 bridgehead atoms. The molecule has 170 valence electrons. The van der Waals surface area contributed by atoms with Gasteiger partial charge in [-0.25, -0.2) is 4.79 Å². The number of carbonyl (C=O) groups is 2. The molecule has 0 radical (unpaired) electrons. The summed E-state index contributed by atoms with van der Waals surface area (Å²) < 4.78 is 0. The van der Waals surface area contributed by atoms with Crippen LogP contribution >= 0.6 is 11.3 Å². The first-order chi connectivity index (χ1) is 14.8. The van der Waals surface area contributed by atoms with Crippen molar-refractivity contribution in [3.05, 3.63) is 15.8 Å². The Kier molecular flexibility index (Phi) is 8.18. The number of carboxylic acids is 1. The molecule has 2 fully saturated rings. The molecule has 2 N–H and O–H groups in total. The Labute approximate surface area is 189 Å². The van der Waals surface area contributed by atoms with Crippen molar-refractivity contribution in [1.82, 2.24) is 0 Å². The van der Waals surface area contributed by atoms with E-state index in [2.05, 4.69) is 25.7 Å². The molecular formula is C25H35NO4S. The molecule has 1 heterocycles. The zero-order chi connectivity index (χ0) is 22.5. The van der Waals surface area contributed by atoms with Crippen molar-refractivity contribution in [3.8, 4) is 11.8 Å². The Morgan fingerprint density at radius 3 is 2.39 bits per heavy atom. The number of rotatable bonds is 5. The van der Waals surface area contributed by atoms with Crippen molar-refractivity contribution in [2.24, 2.45) is 17.8 Å². The second-order valence-corrected chi connectivity index (χ2v) is 10.4. The standard InChI is InChI=1S/C25H35NO4S/c1-4-16(2)7-14-21-15-22(23(31-21)25(29)30)26(19-10-12-20(27)13-11-19)24(28)18-8-5-17(3)6-9-18/h15-20,27H,4-6,8-13H2,1-3H3,(H,29,30)/t16?,17?,18?,19-,20-. The number of nitrogens with zero attached hydrogens (tertiary/aromatic N) is 1. The molecule has 1 amide bonds. The molecule has 31 heavy (non-hydrogen) atoms. The summed E-state index contributed by atoms with van der Waals surface area (Å²) in [5.74, 6) is 6.17. The van der Waals surface area contributed by atoms with Crippen LogP contribution in [0.3, 0.4) is 0 Å². The third-order valence-corrected chi connectivity index (χ3v) is 7.88. The van der Waals surface area contributed by atoms with Crippen molar-refractivity contribution >= 4 is 28.9 Å². The molecule has 2 aliphatic rings. The zero-order valence-corrected chi connectivity index (χ0v) is 19.7. The van der Waals surface area contributed by atoms with Crippen LogP contribution in [0.2, 0.25) is 0 Å². The first kappa shape index (κ1) is 23.8. The summed E-state index contributed by atoms with van der Waals surface area (Å²) in [5.41, 5.74) is 0.496. The van der Waals surface area contributed by atoms with Crippen LogP contribution in [0.5, 0.6) is 0 Å². The lowest BCUT2D eigenvalue weighted by Crippen LogP contribution is -2.47. The molecule has 3 rings (SSSR count). The Balaban J connectivity index is 1.97. The first-order valence-corrected chi connectivity index (χ1v) is 12.5. The first-order valence-electron chi connectivity index (χ1n) is 11.7. The van der Waals surface area contributed by atoms with E-state index < -0.39 is 5.97 Å².